The molecule has 1 amide bonds. The highest BCUT2D eigenvalue weighted by atomic mass is 32.2. The zero-order valence-corrected chi connectivity index (χ0v) is 17.1. The van der Waals surface area contributed by atoms with E-state index in [0.29, 0.717) is 17.9 Å². The maximum Gasteiger partial charge on any atom is 0.260 e. The first kappa shape index (κ1) is 18.6. The Balaban J connectivity index is 1.74. The molecule has 0 radical (unpaired) electrons. The summed E-state index contributed by atoms with van der Waals surface area (Å²) in [5.74, 6) is 2.87. The molecule has 0 saturated heterocycles. The predicted molar refractivity (Wildman–Crippen MR) is 114 cm³/mol. The average molecular weight is 394 g/mol. The summed E-state index contributed by atoms with van der Waals surface area (Å²) in [7, 11) is 0. The van der Waals surface area contributed by atoms with Crippen molar-refractivity contribution in [2.75, 3.05) is 11.9 Å². The van der Waals surface area contributed by atoms with E-state index in [2.05, 4.69) is 31.3 Å². The molecule has 1 aliphatic rings. The Morgan fingerprint density at radius 3 is 2.79 bits per heavy atom. The van der Waals surface area contributed by atoms with Gasteiger partial charge in [-0.1, -0.05) is 18.2 Å². The fourth-order valence-electron chi connectivity index (χ4n) is 3.30. The maximum atomic E-state index is 13.1. The summed E-state index contributed by atoms with van der Waals surface area (Å²) in [4.78, 5) is 13.1. The van der Waals surface area contributed by atoms with Gasteiger partial charge in [0.15, 0.2) is 0 Å². The molecule has 4 rings (SSSR count). The molecule has 2 heterocycles. The van der Waals surface area contributed by atoms with Crippen molar-refractivity contribution in [3.8, 4) is 11.4 Å². The number of anilines is 1. The van der Waals surface area contributed by atoms with Crippen LogP contribution in [-0.2, 0) is 11.5 Å². The standard InChI is InChI=1S/C22H23N3O2S/c1-4-27-20-8-6-5-7-17(20)22(26)23-21-18-12-28-13-19(18)24-25(21)16-10-9-14(2)15(3)11-16/h5-11H,4,12-13H2,1-3H3,(H,23,26). The number of benzene rings is 2. The van der Waals surface area contributed by atoms with E-state index in [1.165, 1.54) is 11.1 Å². The van der Waals surface area contributed by atoms with E-state index in [1.54, 1.807) is 6.07 Å². The van der Waals surface area contributed by atoms with Gasteiger partial charge in [0.05, 0.1) is 23.6 Å². The molecule has 0 atom stereocenters. The van der Waals surface area contributed by atoms with E-state index in [9.17, 15) is 4.79 Å². The van der Waals surface area contributed by atoms with Crippen molar-refractivity contribution >= 4 is 23.5 Å². The van der Waals surface area contributed by atoms with Gasteiger partial charge in [-0.15, -0.1) is 0 Å². The topological polar surface area (TPSA) is 56.1 Å². The first-order chi connectivity index (χ1) is 13.6. The smallest absolute Gasteiger partial charge is 0.260 e. The van der Waals surface area contributed by atoms with Crippen molar-refractivity contribution in [3.63, 3.8) is 0 Å². The Morgan fingerprint density at radius 1 is 1.18 bits per heavy atom. The van der Waals surface area contributed by atoms with Gasteiger partial charge >= 0.3 is 0 Å². The van der Waals surface area contributed by atoms with Crippen molar-refractivity contribution < 1.29 is 9.53 Å². The third-order valence-corrected chi connectivity index (χ3v) is 5.92. The molecular weight excluding hydrogens is 370 g/mol. The second kappa shape index (κ2) is 7.72. The first-order valence-electron chi connectivity index (χ1n) is 9.37. The van der Waals surface area contributed by atoms with Crippen LogP contribution in [0.1, 0.15) is 39.7 Å². The number of para-hydroxylation sites is 1. The minimum absolute atomic E-state index is 0.186. The minimum Gasteiger partial charge on any atom is -0.493 e. The molecule has 1 N–H and O–H groups in total. The first-order valence-corrected chi connectivity index (χ1v) is 10.5. The van der Waals surface area contributed by atoms with Gasteiger partial charge in [-0.3, -0.25) is 4.79 Å². The summed E-state index contributed by atoms with van der Waals surface area (Å²) >= 11 is 1.82. The van der Waals surface area contributed by atoms with Gasteiger partial charge in [-0.05, 0) is 56.2 Å². The summed E-state index contributed by atoms with van der Waals surface area (Å²) in [5.41, 5.74) is 6.05. The molecular formula is C22H23N3O2S. The lowest BCUT2D eigenvalue weighted by Crippen LogP contribution is -2.17. The molecule has 2 aromatic carbocycles. The lowest BCUT2D eigenvalue weighted by atomic mass is 10.1. The molecule has 0 aliphatic carbocycles. The van der Waals surface area contributed by atoms with E-state index in [1.807, 2.05) is 47.6 Å². The summed E-state index contributed by atoms with van der Waals surface area (Å²) in [6.07, 6.45) is 0. The number of amides is 1. The van der Waals surface area contributed by atoms with E-state index in [0.717, 1.165) is 34.3 Å². The molecule has 3 aromatic rings. The number of fused-ring (bicyclic) bond motifs is 1. The van der Waals surface area contributed by atoms with Gasteiger partial charge in [0, 0.05) is 17.1 Å². The number of nitrogens with one attached hydrogen (secondary N) is 1. The number of carbonyl (C=O) groups is 1. The quantitative estimate of drug-likeness (QED) is 0.671. The van der Waals surface area contributed by atoms with Crippen LogP contribution in [0.3, 0.4) is 0 Å². The molecule has 6 heteroatoms. The molecule has 5 nitrogen and oxygen atoms in total. The number of thioether (sulfide) groups is 1. The summed E-state index contributed by atoms with van der Waals surface area (Å²) in [5, 5.41) is 7.89. The van der Waals surface area contributed by atoms with Gasteiger partial charge in [0.1, 0.15) is 11.6 Å². The fraction of sp³-hybridized carbons (Fsp3) is 0.273. The highest BCUT2D eigenvalue weighted by Gasteiger charge is 2.25. The molecule has 1 aliphatic heterocycles. The second-order valence-electron chi connectivity index (χ2n) is 6.83. The van der Waals surface area contributed by atoms with E-state index in [-0.39, 0.29) is 5.91 Å². The Kier molecular flexibility index (Phi) is 5.13. The van der Waals surface area contributed by atoms with Crippen LogP contribution in [0, 0.1) is 13.8 Å². The van der Waals surface area contributed by atoms with Crippen molar-refractivity contribution in [1.82, 2.24) is 9.78 Å². The molecule has 0 unspecified atom stereocenters. The van der Waals surface area contributed by atoms with Gasteiger partial charge < -0.3 is 10.1 Å². The number of nitrogens with zero attached hydrogens (tertiary/aromatic N) is 2. The summed E-state index contributed by atoms with van der Waals surface area (Å²) in [6, 6.07) is 13.6. The predicted octanol–water partition coefficient (Wildman–Crippen LogP) is 4.89. The summed E-state index contributed by atoms with van der Waals surface area (Å²) < 4.78 is 7.49. The number of aryl methyl sites for hydroxylation is 2. The van der Waals surface area contributed by atoms with Gasteiger partial charge in [-0.2, -0.15) is 16.9 Å². The van der Waals surface area contributed by atoms with Crippen LogP contribution in [0.15, 0.2) is 42.5 Å². The van der Waals surface area contributed by atoms with Crippen LogP contribution < -0.4 is 10.1 Å². The number of carbonyl (C=O) groups excluding carboxylic acids is 1. The van der Waals surface area contributed by atoms with Crippen LogP contribution in [0.25, 0.3) is 5.69 Å². The van der Waals surface area contributed by atoms with Gasteiger partial charge in [0.2, 0.25) is 0 Å². The molecule has 144 valence electrons. The molecule has 28 heavy (non-hydrogen) atoms. The number of rotatable bonds is 5. The second-order valence-corrected chi connectivity index (χ2v) is 7.82. The Morgan fingerprint density at radius 2 is 2.00 bits per heavy atom. The van der Waals surface area contributed by atoms with Crippen LogP contribution in [0.5, 0.6) is 5.75 Å². The fourth-order valence-corrected chi connectivity index (χ4v) is 4.33. The third kappa shape index (κ3) is 3.40. The lowest BCUT2D eigenvalue weighted by Gasteiger charge is -2.14. The Labute approximate surface area is 169 Å². The average Bonchev–Trinajstić information content (AvgIpc) is 3.27. The van der Waals surface area contributed by atoms with Crippen molar-refractivity contribution in [2.45, 2.75) is 32.3 Å². The van der Waals surface area contributed by atoms with Crippen LogP contribution in [0.4, 0.5) is 5.82 Å². The Hall–Kier alpha value is -2.73. The number of ether oxygens (including phenoxy) is 1. The van der Waals surface area contributed by atoms with Crippen molar-refractivity contribution in [2.24, 2.45) is 0 Å². The summed E-state index contributed by atoms with van der Waals surface area (Å²) in [6.45, 7) is 6.60. The molecule has 0 bridgehead atoms. The lowest BCUT2D eigenvalue weighted by molar-refractivity contribution is 0.102. The number of hydrogen-bond donors (Lipinski definition) is 1. The normalized spacial score (nSPS) is 12.7. The molecule has 0 spiro atoms. The van der Waals surface area contributed by atoms with E-state index < -0.39 is 0 Å². The number of aromatic nitrogens is 2. The monoisotopic (exact) mass is 393 g/mol. The molecule has 0 fully saturated rings. The molecule has 0 saturated carbocycles. The minimum atomic E-state index is -0.186. The maximum absolute atomic E-state index is 13.1. The van der Waals surface area contributed by atoms with Crippen molar-refractivity contribution in [3.05, 3.63) is 70.4 Å². The molecule has 1 aromatic heterocycles. The van der Waals surface area contributed by atoms with Crippen LogP contribution in [-0.4, -0.2) is 22.3 Å². The van der Waals surface area contributed by atoms with Crippen molar-refractivity contribution in [1.29, 1.82) is 0 Å². The number of hydrogen-bond acceptors (Lipinski definition) is 4. The van der Waals surface area contributed by atoms with Crippen LogP contribution >= 0.6 is 11.8 Å². The Bertz CT molecular complexity index is 1040. The van der Waals surface area contributed by atoms with Crippen LogP contribution in [0.2, 0.25) is 0 Å². The SMILES string of the molecule is CCOc1ccccc1C(=O)Nc1c2c(nn1-c1ccc(C)c(C)c1)CSC2. The largest absolute Gasteiger partial charge is 0.493 e. The van der Waals surface area contributed by atoms with E-state index >= 15 is 0 Å². The van der Waals surface area contributed by atoms with E-state index in [4.69, 9.17) is 9.84 Å². The zero-order valence-electron chi connectivity index (χ0n) is 16.3. The van der Waals surface area contributed by atoms with Gasteiger partial charge in [0.25, 0.3) is 5.91 Å². The highest BCUT2D eigenvalue weighted by Crippen LogP contribution is 2.36. The zero-order chi connectivity index (χ0) is 19.7. The van der Waals surface area contributed by atoms with Gasteiger partial charge in [-0.25, -0.2) is 4.68 Å². The highest BCUT2D eigenvalue weighted by molar-refractivity contribution is 7.98. The third-order valence-electron chi connectivity index (χ3n) is 4.95.